The highest BCUT2D eigenvalue weighted by Gasteiger charge is 2.55. The topological polar surface area (TPSA) is 47.8 Å². The van der Waals surface area contributed by atoms with Gasteiger partial charge in [-0.1, -0.05) is 5.21 Å². The van der Waals surface area contributed by atoms with Crippen LogP contribution in [-0.4, -0.2) is 20.8 Å². The van der Waals surface area contributed by atoms with Crippen LogP contribution in [0.15, 0.2) is 4.60 Å². The van der Waals surface area contributed by atoms with Gasteiger partial charge in [-0.05, 0) is 72.2 Å². The van der Waals surface area contributed by atoms with Gasteiger partial charge >= 0.3 is 0 Å². The van der Waals surface area contributed by atoms with E-state index in [0.29, 0.717) is 10.3 Å². The summed E-state index contributed by atoms with van der Waals surface area (Å²) in [5.74, 6) is 2.64. The highest BCUT2D eigenvalue weighted by atomic mass is 79.9. The minimum Gasteiger partial charge on any atom is -0.292 e. The van der Waals surface area contributed by atoms with Crippen molar-refractivity contribution in [3.05, 3.63) is 10.3 Å². The summed E-state index contributed by atoms with van der Waals surface area (Å²) in [4.78, 5) is 13.1. The third-order valence-corrected chi connectivity index (χ3v) is 6.05. The lowest BCUT2D eigenvalue weighted by Gasteiger charge is -2.55. The van der Waals surface area contributed by atoms with E-state index in [4.69, 9.17) is 0 Å². The Morgan fingerprint density at radius 2 is 1.74 bits per heavy atom. The van der Waals surface area contributed by atoms with E-state index in [1.807, 2.05) is 7.05 Å². The predicted octanol–water partition coefficient (Wildman–Crippen LogP) is 2.98. The molecule has 0 saturated heterocycles. The molecule has 0 unspecified atom stereocenters. The first-order valence-corrected chi connectivity index (χ1v) is 7.97. The SMILES string of the molecule is Cn1nnc(Br)c1C(=O)C12CC3CC(CC(C3)C1)C2. The largest absolute Gasteiger partial charge is 0.292 e. The van der Waals surface area contributed by atoms with Crippen LogP contribution in [0.3, 0.4) is 0 Å². The summed E-state index contributed by atoms with van der Waals surface area (Å²) in [6.45, 7) is 0. The van der Waals surface area contributed by atoms with Crippen molar-refractivity contribution in [3.8, 4) is 0 Å². The number of nitrogens with zero attached hydrogens (tertiary/aromatic N) is 3. The number of aromatic nitrogens is 3. The molecule has 5 rings (SSSR count). The van der Waals surface area contributed by atoms with Crippen LogP contribution in [0.25, 0.3) is 0 Å². The van der Waals surface area contributed by atoms with Crippen molar-refractivity contribution >= 4 is 21.7 Å². The molecule has 0 aromatic carbocycles. The fourth-order valence-electron chi connectivity index (χ4n) is 5.21. The maximum Gasteiger partial charge on any atom is 0.189 e. The lowest BCUT2D eigenvalue weighted by molar-refractivity contribution is -0.0358. The van der Waals surface area contributed by atoms with Gasteiger partial charge in [-0.15, -0.1) is 5.10 Å². The highest BCUT2D eigenvalue weighted by molar-refractivity contribution is 9.10. The number of Topliss-reactive ketones (excluding diaryl/α,β-unsaturated/α-hetero) is 1. The Kier molecular flexibility index (Phi) is 2.48. The van der Waals surface area contributed by atoms with Gasteiger partial charge in [0.2, 0.25) is 0 Å². The number of carbonyl (C=O) groups is 1. The van der Waals surface area contributed by atoms with E-state index in [0.717, 1.165) is 37.0 Å². The Labute approximate surface area is 121 Å². The van der Waals surface area contributed by atoms with E-state index < -0.39 is 0 Å². The summed E-state index contributed by atoms with van der Waals surface area (Å²) in [7, 11) is 1.81. The Morgan fingerprint density at radius 3 is 2.16 bits per heavy atom. The second-order valence-corrected chi connectivity index (χ2v) is 7.63. The van der Waals surface area contributed by atoms with Gasteiger partial charge in [-0.2, -0.15) is 0 Å². The van der Waals surface area contributed by atoms with Gasteiger partial charge in [0.15, 0.2) is 10.4 Å². The van der Waals surface area contributed by atoms with Crippen LogP contribution in [0.5, 0.6) is 0 Å². The number of ketones is 1. The normalized spacial score (nSPS) is 39.8. The molecule has 4 aliphatic carbocycles. The van der Waals surface area contributed by atoms with Crippen molar-refractivity contribution in [2.24, 2.45) is 30.2 Å². The van der Waals surface area contributed by atoms with Crippen molar-refractivity contribution in [1.82, 2.24) is 15.0 Å². The third kappa shape index (κ3) is 1.66. The second-order valence-electron chi connectivity index (χ2n) is 6.88. The van der Waals surface area contributed by atoms with Gasteiger partial charge in [0.1, 0.15) is 5.69 Å². The van der Waals surface area contributed by atoms with Gasteiger partial charge in [0.05, 0.1) is 0 Å². The number of carbonyl (C=O) groups excluding carboxylic acids is 1. The molecule has 0 atom stereocenters. The van der Waals surface area contributed by atoms with E-state index in [2.05, 4.69) is 26.2 Å². The lowest BCUT2D eigenvalue weighted by atomic mass is 9.48. The Hall–Kier alpha value is -0.710. The molecule has 5 heteroatoms. The van der Waals surface area contributed by atoms with Crippen molar-refractivity contribution in [3.63, 3.8) is 0 Å². The van der Waals surface area contributed by atoms with E-state index in [1.54, 1.807) is 4.68 Å². The zero-order valence-corrected chi connectivity index (χ0v) is 12.7. The summed E-state index contributed by atoms with van der Waals surface area (Å²) in [5, 5.41) is 7.94. The van der Waals surface area contributed by atoms with Gasteiger partial charge in [-0.3, -0.25) is 4.79 Å². The average Bonchev–Trinajstić information content (AvgIpc) is 2.66. The molecule has 4 aliphatic rings. The molecule has 102 valence electrons. The minimum absolute atomic E-state index is 0.104. The highest BCUT2D eigenvalue weighted by Crippen LogP contribution is 2.61. The van der Waals surface area contributed by atoms with Crippen LogP contribution >= 0.6 is 15.9 Å². The summed E-state index contributed by atoms with van der Waals surface area (Å²) >= 11 is 3.38. The predicted molar refractivity (Wildman–Crippen MR) is 73.6 cm³/mol. The lowest BCUT2D eigenvalue weighted by Crippen LogP contribution is -2.50. The van der Waals surface area contributed by atoms with Gasteiger partial charge in [-0.25, -0.2) is 4.68 Å². The van der Waals surface area contributed by atoms with Crippen molar-refractivity contribution < 1.29 is 4.79 Å². The van der Waals surface area contributed by atoms with Crippen molar-refractivity contribution in [1.29, 1.82) is 0 Å². The quantitative estimate of drug-likeness (QED) is 0.786. The van der Waals surface area contributed by atoms with E-state index in [1.165, 1.54) is 19.3 Å². The monoisotopic (exact) mass is 323 g/mol. The summed E-state index contributed by atoms with van der Waals surface area (Å²) in [6, 6.07) is 0. The first-order valence-electron chi connectivity index (χ1n) is 7.17. The van der Waals surface area contributed by atoms with Crippen LogP contribution in [0.1, 0.15) is 49.0 Å². The number of hydrogen-bond acceptors (Lipinski definition) is 3. The molecular formula is C14H18BrN3O. The first kappa shape index (κ1) is 12.1. The van der Waals surface area contributed by atoms with Gasteiger partial charge in [0, 0.05) is 12.5 Å². The van der Waals surface area contributed by atoms with E-state index in [-0.39, 0.29) is 11.2 Å². The molecule has 4 saturated carbocycles. The standard InChI is InChI=1S/C14H18BrN3O/c1-18-11(13(15)16-17-18)12(19)14-5-8-2-9(6-14)4-10(3-8)7-14/h8-10H,2-7H2,1H3. The van der Waals surface area contributed by atoms with Crippen molar-refractivity contribution in [2.45, 2.75) is 38.5 Å². The number of halogens is 1. The van der Waals surface area contributed by atoms with Crippen molar-refractivity contribution in [2.75, 3.05) is 0 Å². The maximum absolute atomic E-state index is 13.1. The molecule has 0 radical (unpaired) electrons. The Bertz CT molecular complexity index is 496. The van der Waals surface area contributed by atoms with E-state index >= 15 is 0 Å². The third-order valence-electron chi connectivity index (χ3n) is 5.52. The smallest absolute Gasteiger partial charge is 0.189 e. The molecule has 4 fully saturated rings. The number of aryl methyl sites for hydroxylation is 1. The molecule has 4 bridgehead atoms. The number of rotatable bonds is 2. The molecule has 0 spiro atoms. The fraction of sp³-hybridized carbons (Fsp3) is 0.786. The Balaban J connectivity index is 1.74. The van der Waals surface area contributed by atoms with Crippen LogP contribution in [0, 0.1) is 23.2 Å². The van der Waals surface area contributed by atoms with Gasteiger partial charge < -0.3 is 0 Å². The molecular weight excluding hydrogens is 306 g/mol. The molecule has 1 aromatic heterocycles. The molecule has 1 heterocycles. The number of hydrogen-bond donors (Lipinski definition) is 0. The molecule has 0 aliphatic heterocycles. The van der Waals surface area contributed by atoms with Crippen LogP contribution < -0.4 is 0 Å². The molecule has 1 aromatic rings. The summed E-state index contributed by atoms with van der Waals surface area (Å²) in [6.07, 6.45) is 7.35. The maximum atomic E-state index is 13.1. The van der Waals surface area contributed by atoms with Crippen LogP contribution in [-0.2, 0) is 7.05 Å². The van der Waals surface area contributed by atoms with Crippen LogP contribution in [0.2, 0.25) is 0 Å². The Morgan fingerprint density at radius 1 is 1.21 bits per heavy atom. The molecule has 4 nitrogen and oxygen atoms in total. The zero-order valence-electron chi connectivity index (χ0n) is 11.1. The van der Waals surface area contributed by atoms with Crippen LogP contribution in [0.4, 0.5) is 0 Å². The fourth-order valence-corrected chi connectivity index (χ4v) is 5.72. The average molecular weight is 324 g/mol. The minimum atomic E-state index is -0.104. The van der Waals surface area contributed by atoms with E-state index in [9.17, 15) is 4.79 Å². The summed E-state index contributed by atoms with van der Waals surface area (Å²) < 4.78 is 2.24. The first-order chi connectivity index (χ1) is 9.07. The second kappa shape index (κ2) is 3.90. The van der Waals surface area contributed by atoms with Gasteiger partial charge in [0.25, 0.3) is 0 Å². The zero-order chi connectivity index (χ0) is 13.2. The molecule has 0 amide bonds. The summed E-state index contributed by atoms with van der Waals surface area (Å²) in [5.41, 5.74) is 0.564. The molecule has 0 N–H and O–H groups in total. The molecule has 19 heavy (non-hydrogen) atoms.